The third-order valence-corrected chi connectivity index (χ3v) is 18.2. The van der Waals surface area contributed by atoms with E-state index in [1.807, 2.05) is 6.92 Å². The summed E-state index contributed by atoms with van der Waals surface area (Å²) in [6.45, 7) is -8.95. The van der Waals surface area contributed by atoms with E-state index >= 15 is 0 Å². The molecule has 0 aliphatic rings. The van der Waals surface area contributed by atoms with Crippen molar-refractivity contribution >= 4 is 62.4 Å². The van der Waals surface area contributed by atoms with Crippen molar-refractivity contribution in [1.82, 2.24) is 10.6 Å². The van der Waals surface area contributed by atoms with E-state index in [9.17, 15) is 91.0 Å². The SMILES string of the molecule is CCCOCCC(CO)OP(=O)(O)OCCOP(=O)(O)OCCCOCC(COCCCOP(=O)(O)OCCOP(=O)(O)OC(CO)CCOCNC)(COCCCOP(=O)(O)OCCOP(=O)(O)OC(CO)CCOCNC)COP(=O)(O)OCCOP(C)(=O)O. The molecule has 0 saturated heterocycles. The smallest absolute Gasteiger partial charge is 0.394 e. The lowest BCUT2D eigenvalue weighted by Crippen LogP contribution is -2.42. The number of ether oxygens (including phenoxy) is 6. The van der Waals surface area contributed by atoms with Crippen molar-refractivity contribution in [3.05, 3.63) is 0 Å². The zero-order valence-electron chi connectivity index (χ0n) is 51.6. The molecule has 42 nitrogen and oxygen atoms in total. The van der Waals surface area contributed by atoms with E-state index in [4.69, 9.17) is 91.8 Å². The molecule has 0 radical (unpaired) electrons. The number of hydrogen-bond acceptors (Lipinski definition) is 34. The van der Waals surface area contributed by atoms with Gasteiger partial charge >= 0.3 is 62.4 Å². The molecule has 0 bridgehead atoms. The van der Waals surface area contributed by atoms with Gasteiger partial charge in [-0.3, -0.25) is 78.5 Å². The van der Waals surface area contributed by atoms with E-state index in [0.29, 0.717) is 13.0 Å². The van der Waals surface area contributed by atoms with Crippen LogP contribution in [0.25, 0.3) is 0 Å². The molecular formula is C42H96N2O40P8. The Morgan fingerprint density at radius 1 is 0.326 bits per heavy atom. The van der Waals surface area contributed by atoms with Crippen molar-refractivity contribution in [2.24, 2.45) is 5.41 Å². The second-order valence-electron chi connectivity index (χ2n) is 18.8. The quantitative estimate of drug-likeness (QED) is 0.0235. The van der Waals surface area contributed by atoms with Crippen LogP contribution >= 0.6 is 62.4 Å². The molecule has 0 rings (SSSR count). The maximum absolute atomic E-state index is 13.1. The minimum Gasteiger partial charge on any atom is -0.394 e. The van der Waals surface area contributed by atoms with Crippen molar-refractivity contribution in [3.63, 3.8) is 0 Å². The molecule has 0 aromatic heterocycles. The summed E-state index contributed by atoms with van der Waals surface area (Å²) in [5, 5.41) is 33.9. The van der Waals surface area contributed by atoms with E-state index in [1.54, 1.807) is 14.1 Å². The van der Waals surface area contributed by atoms with Crippen molar-refractivity contribution in [2.45, 2.75) is 70.2 Å². The molecule has 0 heterocycles. The summed E-state index contributed by atoms with van der Waals surface area (Å²) in [5.74, 6) is 0. The fraction of sp³-hybridized carbons (Fsp3) is 1.00. The van der Waals surface area contributed by atoms with Gasteiger partial charge in [0, 0.05) is 39.7 Å². The topological polar surface area (TPSA) is 577 Å². The number of hydrogen-bond donors (Lipinski definition) is 13. The Hall–Kier alpha value is 0.480. The standard InChI is InChI=1S/C42H96N2O40P8/c1-5-12-64-19-9-39(30-45)82-90(58,59)78-27-24-74-86(50,51)71-16-6-13-65-33-42(36-81-89(56,57)77-23-22-70-85(4,48)49,34-66-14-7-17-72-87(52,53)75-25-28-79-91(60,61)83-40(31-46)10-20-68-37-43-2)35-67-15-8-18-73-88(54,55)76-26-29-80-92(62,63)84-41(32-47)11-21-69-38-44-3/h39-41,43-47H,5-38H2,1-4H3,(H,48,49)(H,50,51)(H,52,53)(H,54,55)(H,56,57)(H,58,59)(H,60,61)(H,62,63). The Bertz CT molecular complexity index is 2080. The van der Waals surface area contributed by atoms with Crippen LogP contribution in [0.2, 0.25) is 0 Å². The number of nitrogens with one attached hydrogen (secondary N) is 2. The van der Waals surface area contributed by atoms with E-state index in [0.717, 1.165) is 6.66 Å². The molecule has 0 fully saturated rings. The van der Waals surface area contributed by atoms with Gasteiger partial charge in [0.15, 0.2) is 0 Å². The van der Waals surface area contributed by atoms with Gasteiger partial charge < -0.3 is 87.4 Å². The number of aliphatic hydroxyl groups excluding tert-OH is 3. The second-order valence-corrected chi connectivity index (χ2v) is 30.7. The molecule has 0 spiro atoms. The van der Waals surface area contributed by atoms with Crippen LogP contribution in [0, 0.1) is 5.41 Å². The van der Waals surface area contributed by atoms with Crippen LogP contribution in [0.4, 0.5) is 0 Å². The van der Waals surface area contributed by atoms with Crippen LogP contribution in [0.1, 0.15) is 51.9 Å². The lowest BCUT2D eigenvalue weighted by Gasteiger charge is -2.33. The Morgan fingerprint density at radius 3 is 0.880 bits per heavy atom. The molecule has 11 atom stereocenters. The van der Waals surface area contributed by atoms with Crippen LogP contribution < -0.4 is 10.6 Å². The molecule has 554 valence electrons. The lowest BCUT2D eigenvalue weighted by molar-refractivity contribution is -0.0945. The Balaban J connectivity index is 6.01. The molecule has 0 amide bonds. The first-order valence-electron chi connectivity index (χ1n) is 28.1. The van der Waals surface area contributed by atoms with Gasteiger partial charge in [0.25, 0.3) is 0 Å². The summed E-state index contributed by atoms with van der Waals surface area (Å²) in [7, 11) is -34.7. The zero-order valence-corrected chi connectivity index (χ0v) is 58.8. The van der Waals surface area contributed by atoms with Gasteiger partial charge in [-0.05, 0) is 59.0 Å². The molecular weight excluding hydrogens is 1420 g/mol. The molecule has 0 saturated carbocycles. The number of phosphoric acid groups is 7. The highest BCUT2D eigenvalue weighted by Gasteiger charge is 2.37. The van der Waals surface area contributed by atoms with Crippen LogP contribution in [-0.2, 0) is 133 Å². The van der Waals surface area contributed by atoms with E-state index in [-0.39, 0.29) is 91.6 Å². The zero-order chi connectivity index (χ0) is 69.5. The summed E-state index contributed by atoms with van der Waals surface area (Å²) in [6.07, 6.45) is -3.11. The third-order valence-electron chi connectivity index (χ3n) is 10.3. The first-order chi connectivity index (χ1) is 43.1. The maximum atomic E-state index is 13.1. The maximum Gasteiger partial charge on any atom is 0.472 e. The number of phosphoric ester groups is 7. The van der Waals surface area contributed by atoms with Crippen LogP contribution in [0.15, 0.2) is 0 Å². The largest absolute Gasteiger partial charge is 0.472 e. The first kappa shape index (κ1) is 92.5. The van der Waals surface area contributed by atoms with Crippen LogP contribution in [0.3, 0.4) is 0 Å². The van der Waals surface area contributed by atoms with Crippen LogP contribution in [0.5, 0.6) is 0 Å². The minimum atomic E-state index is -5.06. The van der Waals surface area contributed by atoms with Gasteiger partial charge in [0.2, 0.25) is 0 Å². The van der Waals surface area contributed by atoms with Crippen LogP contribution in [-0.4, -0.2) is 272 Å². The summed E-state index contributed by atoms with van der Waals surface area (Å²) >= 11 is 0. The van der Waals surface area contributed by atoms with Gasteiger partial charge in [-0.2, -0.15) is 0 Å². The predicted octanol–water partition coefficient (Wildman–Crippen LogP) is 2.03. The van der Waals surface area contributed by atoms with Gasteiger partial charge in [0.1, 0.15) is 0 Å². The number of aliphatic hydroxyl groups is 3. The normalized spacial score (nSPS) is 19.2. The lowest BCUT2D eigenvalue weighted by atomic mass is 9.92. The van der Waals surface area contributed by atoms with Crippen molar-refractivity contribution in [3.8, 4) is 0 Å². The van der Waals surface area contributed by atoms with E-state index in [2.05, 4.69) is 15.2 Å². The minimum absolute atomic E-state index is 0.0144. The third kappa shape index (κ3) is 54.3. The highest BCUT2D eigenvalue weighted by atomic mass is 31.2. The molecule has 0 aliphatic carbocycles. The summed E-state index contributed by atoms with van der Waals surface area (Å²) < 4.78 is 205. The molecule has 50 heteroatoms. The summed E-state index contributed by atoms with van der Waals surface area (Å²) in [5.41, 5.74) is -1.66. The van der Waals surface area contributed by atoms with Gasteiger partial charge in [-0.15, -0.1) is 0 Å². The van der Waals surface area contributed by atoms with Gasteiger partial charge in [0.05, 0.1) is 169 Å². The molecule has 0 aromatic carbocycles. The second kappa shape index (κ2) is 51.6. The molecule has 0 aromatic rings. The molecule has 13 N–H and O–H groups in total. The average Bonchev–Trinajstić information content (AvgIpc) is 0.998. The molecule has 0 aliphatic heterocycles. The average molecular weight is 1520 g/mol. The van der Waals surface area contributed by atoms with E-state index in [1.165, 1.54) is 0 Å². The predicted molar refractivity (Wildman–Crippen MR) is 315 cm³/mol. The Labute approximate surface area is 533 Å². The Morgan fingerprint density at radius 2 is 0.598 bits per heavy atom. The van der Waals surface area contributed by atoms with Crippen molar-refractivity contribution in [1.29, 1.82) is 0 Å². The fourth-order valence-electron chi connectivity index (χ4n) is 6.21. The molecule has 11 unspecified atom stereocenters. The monoisotopic (exact) mass is 1520 g/mol. The number of rotatable bonds is 68. The van der Waals surface area contributed by atoms with Gasteiger partial charge in [-0.1, -0.05) is 6.92 Å². The van der Waals surface area contributed by atoms with Gasteiger partial charge in [-0.25, -0.2) is 32.0 Å². The van der Waals surface area contributed by atoms with Crippen molar-refractivity contribution < 1.29 is 187 Å². The first-order valence-corrected chi connectivity index (χ1v) is 40.6. The van der Waals surface area contributed by atoms with E-state index < -0.39 is 205 Å². The Kier molecular flexibility index (Phi) is 51.9. The fourth-order valence-corrected chi connectivity index (χ4v) is 12.4. The summed E-state index contributed by atoms with van der Waals surface area (Å²) in [6, 6.07) is 0. The summed E-state index contributed by atoms with van der Waals surface area (Å²) in [4.78, 5) is 80.6. The molecule has 92 heavy (non-hydrogen) atoms. The highest BCUT2D eigenvalue weighted by Crippen LogP contribution is 2.50. The highest BCUT2D eigenvalue weighted by molar-refractivity contribution is 7.52. The van der Waals surface area contributed by atoms with Crippen molar-refractivity contribution in [2.75, 3.05) is 199 Å².